The molecule has 0 radical (unpaired) electrons. The van der Waals surface area contributed by atoms with Crippen LogP contribution >= 0.6 is 21.6 Å². The minimum absolute atomic E-state index is 0.0205. The van der Waals surface area contributed by atoms with Crippen molar-refractivity contribution in [3.05, 3.63) is 0 Å². The highest BCUT2D eigenvalue weighted by molar-refractivity contribution is 8.77. The van der Waals surface area contributed by atoms with Crippen LogP contribution in [0.4, 0.5) is 0 Å². The minimum Gasteiger partial charge on any atom is -0.300 e. The second-order valence-electron chi connectivity index (χ2n) is 4.00. The number of ketones is 2. The average Bonchev–Trinajstić information content (AvgIpc) is 1.95. The smallest absolute Gasteiger partial charge is 0.131 e. The molecule has 0 atom stereocenters. The highest BCUT2D eigenvalue weighted by Gasteiger charge is 2.20. The molecule has 0 fully saturated rings. The summed E-state index contributed by atoms with van der Waals surface area (Å²) in [6.45, 7) is 7.33. The zero-order valence-corrected chi connectivity index (χ0v) is 10.9. The van der Waals surface area contributed by atoms with Gasteiger partial charge < -0.3 is 0 Å². The fourth-order valence-electron chi connectivity index (χ4n) is 1.02. The third kappa shape index (κ3) is 8.63. The van der Waals surface area contributed by atoms with Crippen LogP contribution in [0.25, 0.3) is 0 Å². The van der Waals surface area contributed by atoms with Crippen LogP contribution < -0.4 is 0 Å². The van der Waals surface area contributed by atoms with E-state index in [-0.39, 0.29) is 16.3 Å². The van der Waals surface area contributed by atoms with Gasteiger partial charge in [0, 0.05) is 23.3 Å². The van der Waals surface area contributed by atoms with Crippen LogP contribution in [0.1, 0.15) is 40.5 Å². The van der Waals surface area contributed by atoms with Crippen molar-refractivity contribution in [2.75, 3.05) is 5.75 Å². The van der Waals surface area contributed by atoms with Crippen molar-refractivity contribution in [3.63, 3.8) is 0 Å². The Morgan fingerprint density at radius 1 is 1.14 bits per heavy atom. The summed E-state index contributed by atoms with van der Waals surface area (Å²) in [5.41, 5.74) is 0. The van der Waals surface area contributed by atoms with Crippen LogP contribution in [0.5, 0.6) is 0 Å². The summed E-state index contributed by atoms with van der Waals surface area (Å²) in [6, 6.07) is 0. The molecule has 0 unspecified atom stereocenters. The zero-order valence-electron chi connectivity index (χ0n) is 9.25. The van der Waals surface area contributed by atoms with Crippen molar-refractivity contribution in [2.45, 2.75) is 45.3 Å². The first-order chi connectivity index (χ1) is 6.33. The van der Waals surface area contributed by atoms with Gasteiger partial charge in [-0.3, -0.25) is 9.59 Å². The fraction of sp³-hybridized carbons (Fsp3) is 0.800. The van der Waals surface area contributed by atoms with Gasteiger partial charge in [0.1, 0.15) is 11.6 Å². The van der Waals surface area contributed by atoms with Crippen LogP contribution in [0, 0.1) is 0 Å². The standard InChI is InChI=1S/C10H18O2S2/c1-8(11)5-6-13-14-10(3,4)7-9(2)12/h5-7H2,1-4H3. The number of rotatable bonds is 7. The van der Waals surface area contributed by atoms with Crippen LogP contribution in [0.15, 0.2) is 0 Å². The molecule has 0 saturated carbocycles. The molecule has 0 saturated heterocycles. The van der Waals surface area contributed by atoms with Gasteiger partial charge in [0.2, 0.25) is 0 Å². The molecule has 0 aliphatic heterocycles. The fourth-order valence-corrected chi connectivity index (χ4v) is 3.68. The second-order valence-corrected chi connectivity index (χ2v) is 7.12. The predicted octanol–water partition coefficient (Wildman–Crippen LogP) is 3.10. The molecule has 0 aromatic heterocycles. The molecule has 0 amide bonds. The van der Waals surface area contributed by atoms with Gasteiger partial charge in [-0.2, -0.15) is 0 Å². The van der Waals surface area contributed by atoms with Gasteiger partial charge in [0.25, 0.3) is 0 Å². The molecule has 0 aromatic carbocycles. The van der Waals surface area contributed by atoms with E-state index < -0.39 is 0 Å². The number of hydrogen-bond donors (Lipinski definition) is 0. The van der Waals surface area contributed by atoms with Gasteiger partial charge >= 0.3 is 0 Å². The van der Waals surface area contributed by atoms with Crippen LogP contribution in [0.3, 0.4) is 0 Å². The molecule has 0 spiro atoms. The lowest BCUT2D eigenvalue weighted by Crippen LogP contribution is -2.17. The molecular formula is C10H18O2S2. The third-order valence-electron chi connectivity index (χ3n) is 1.50. The summed E-state index contributed by atoms with van der Waals surface area (Å²) in [6.07, 6.45) is 1.21. The van der Waals surface area contributed by atoms with Crippen molar-refractivity contribution in [2.24, 2.45) is 0 Å². The van der Waals surface area contributed by atoms with Crippen molar-refractivity contribution >= 4 is 33.2 Å². The lowest BCUT2D eigenvalue weighted by atomic mass is 10.1. The van der Waals surface area contributed by atoms with Crippen LogP contribution in [-0.4, -0.2) is 22.1 Å². The largest absolute Gasteiger partial charge is 0.300 e. The first-order valence-corrected chi connectivity index (χ1v) is 6.95. The van der Waals surface area contributed by atoms with E-state index in [9.17, 15) is 9.59 Å². The number of Topliss-reactive ketones (excluding diaryl/α,β-unsaturated/α-hetero) is 2. The normalized spacial score (nSPS) is 11.4. The van der Waals surface area contributed by atoms with Crippen LogP contribution in [0.2, 0.25) is 0 Å². The second kappa shape index (κ2) is 6.51. The van der Waals surface area contributed by atoms with Crippen molar-refractivity contribution in [3.8, 4) is 0 Å². The Hall–Kier alpha value is 0.0400. The summed E-state index contributed by atoms with van der Waals surface area (Å²) in [5.74, 6) is 1.28. The Morgan fingerprint density at radius 2 is 1.71 bits per heavy atom. The number of carbonyl (C=O) groups is 2. The summed E-state index contributed by atoms with van der Waals surface area (Å²) in [5, 5.41) is 0. The predicted molar refractivity (Wildman–Crippen MR) is 64.7 cm³/mol. The maximum Gasteiger partial charge on any atom is 0.131 e. The van der Waals surface area contributed by atoms with E-state index in [1.165, 1.54) is 0 Å². The molecule has 0 aliphatic carbocycles. The molecule has 0 heterocycles. The van der Waals surface area contributed by atoms with E-state index in [2.05, 4.69) is 13.8 Å². The van der Waals surface area contributed by atoms with Crippen molar-refractivity contribution in [1.82, 2.24) is 0 Å². The quantitative estimate of drug-likeness (QED) is 0.501. The molecule has 82 valence electrons. The molecule has 4 heteroatoms. The Morgan fingerprint density at radius 3 is 2.14 bits per heavy atom. The van der Waals surface area contributed by atoms with E-state index in [1.54, 1.807) is 35.4 Å². The lowest BCUT2D eigenvalue weighted by Gasteiger charge is -2.21. The van der Waals surface area contributed by atoms with E-state index in [4.69, 9.17) is 0 Å². The summed E-state index contributed by atoms with van der Waals surface area (Å²) < 4.78 is -0.0205. The monoisotopic (exact) mass is 234 g/mol. The SMILES string of the molecule is CC(=O)CCSSC(C)(C)CC(C)=O. The molecule has 0 aromatic rings. The van der Waals surface area contributed by atoms with Crippen LogP contribution in [-0.2, 0) is 9.59 Å². The average molecular weight is 234 g/mol. The summed E-state index contributed by atoms with van der Waals surface area (Å²) in [4.78, 5) is 21.6. The van der Waals surface area contributed by atoms with Gasteiger partial charge in [-0.15, -0.1) is 0 Å². The van der Waals surface area contributed by atoms with Gasteiger partial charge in [-0.1, -0.05) is 21.6 Å². The summed E-state index contributed by atoms with van der Waals surface area (Å²) >= 11 is 0. The Labute approximate surface area is 94.0 Å². The van der Waals surface area contributed by atoms with Gasteiger partial charge in [0.15, 0.2) is 0 Å². The summed E-state index contributed by atoms with van der Waals surface area (Å²) in [7, 11) is 3.37. The number of carbonyl (C=O) groups excluding carboxylic acids is 2. The molecule has 0 N–H and O–H groups in total. The lowest BCUT2D eigenvalue weighted by molar-refractivity contribution is -0.117. The minimum atomic E-state index is -0.0205. The number of hydrogen-bond acceptors (Lipinski definition) is 4. The zero-order chi connectivity index (χ0) is 11.2. The molecular weight excluding hydrogens is 216 g/mol. The van der Waals surface area contributed by atoms with Gasteiger partial charge in [-0.25, -0.2) is 0 Å². The highest BCUT2D eigenvalue weighted by atomic mass is 33.1. The Kier molecular flexibility index (Phi) is 6.53. The van der Waals surface area contributed by atoms with Gasteiger partial charge in [0.05, 0.1) is 0 Å². The maximum absolute atomic E-state index is 10.9. The maximum atomic E-state index is 10.9. The first kappa shape index (κ1) is 14.0. The Balaban J connectivity index is 3.65. The van der Waals surface area contributed by atoms with Crippen molar-refractivity contribution < 1.29 is 9.59 Å². The third-order valence-corrected chi connectivity index (χ3v) is 4.79. The van der Waals surface area contributed by atoms with E-state index in [1.807, 2.05) is 0 Å². The van der Waals surface area contributed by atoms with E-state index >= 15 is 0 Å². The van der Waals surface area contributed by atoms with E-state index in [0.717, 1.165) is 5.75 Å². The molecule has 14 heavy (non-hydrogen) atoms. The van der Waals surface area contributed by atoms with Crippen molar-refractivity contribution in [1.29, 1.82) is 0 Å². The topological polar surface area (TPSA) is 34.1 Å². The molecule has 0 rings (SSSR count). The molecule has 0 bridgehead atoms. The molecule has 0 aliphatic rings. The van der Waals surface area contributed by atoms with E-state index in [0.29, 0.717) is 12.8 Å². The Bertz CT molecular complexity index is 212. The molecule has 2 nitrogen and oxygen atoms in total. The first-order valence-electron chi connectivity index (χ1n) is 4.63. The highest BCUT2D eigenvalue weighted by Crippen LogP contribution is 2.38. The van der Waals surface area contributed by atoms with Gasteiger partial charge in [-0.05, 0) is 27.7 Å².